The molecule has 0 atom stereocenters. The van der Waals surface area contributed by atoms with Gasteiger partial charge in [0, 0.05) is 19.3 Å². The van der Waals surface area contributed by atoms with Gasteiger partial charge in [0.05, 0.1) is 0 Å². The molecule has 0 aliphatic carbocycles. The van der Waals surface area contributed by atoms with Crippen molar-refractivity contribution in [1.82, 2.24) is 5.32 Å². The van der Waals surface area contributed by atoms with Gasteiger partial charge in [-0.1, -0.05) is 0 Å². The molecule has 0 heterocycles. The first-order chi connectivity index (χ1) is 3.91. The summed E-state index contributed by atoms with van der Waals surface area (Å²) in [5.74, 6) is 0. The van der Waals surface area contributed by atoms with E-state index in [1.54, 1.807) is 12.3 Å². The Hall–Kier alpha value is -0.830. The Balaban J connectivity index is 2.91. The van der Waals surface area contributed by atoms with Crippen LogP contribution in [0.3, 0.4) is 0 Å². The van der Waals surface area contributed by atoms with Crippen LogP contribution in [-0.2, 0) is 0 Å². The lowest BCUT2D eigenvalue weighted by Gasteiger charge is -1.91. The van der Waals surface area contributed by atoms with E-state index in [2.05, 4.69) is 5.32 Å². The second-order valence-electron chi connectivity index (χ2n) is 1.27. The van der Waals surface area contributed by atoms with Crippen molar-refractivity contribution in [1.29, 1.82) is 5.41 Å². The highest BCUT2D eigenvalue weighted by Crippen LogP contribution is 1.57. The molecule has 0 amide bonds. The van der Waals surface area contributed by atoms with Gasteiger partial charge in [-0.2, -0.15) is 0 Å². The van der Waals surface area contributed by atoms with Crippen LogP contribution in [-0.4, -0.2) is 19.3 Å². The summed E-state index contributed by atoms with van der Waals surface area (Å²) in [6, 6.07) is 0. The minimum atomic E-state index is 0.627. The van der Waals surface area contributed by atoms with Crippen molar-refractivity contribution in [2.75, 3.05) is 13.1 Å². The lowest BCUT2D eigenvalue weighted by Crippen LogP contribution is -2.16. The third kappa shape index (κ3) is 5.17. The van der Waals surface area contributed by atoms with Gasteiger partial charge in [-0.05, 0) is 12.3 Å². The van der Waals surface area contributed by atoms with Crippen molar-refractivity contribution >= 4 is 6.21 Å². The summed E-state index contributed by atoms with van der Waals surface area (Å²) in [5.41, 5.74) is 5.16. The predicted octanol–water partition coefficient (Wildman–Crippen LogP) is -0.302. The summed E-state index contributed by atoms with van der Waals surface area (Å²) in [6.45, 7) is 1.40. The Morgan fingerprint density at radius 3 is 2.88 bits per heavy atom. The summed E-state index contributed by atoms with van der Waals surface area (Å²) in [7, 11) is 0. The third-order valence-electron chi connectivity index (χ3n) is 0.599. The van der Waals surface area contributed by atoms with Gasteiger partial charge in [0.15, 0.2) is 0 Å². The van der Waals surface area contributed by atoms with Crippen LogP contribution >= 0.6 is 0 Å². The van der Waals surface area contributed by atoms with Crippen LogP contribution in [0.15, 0.2) is 12.3 Å². The van der Waals surface area contributed by atoms with E-state index in [1.165, 1.54) is 6.21 Å². The largest absolute Gasteiger partial charge is 0.390 e. The molecule has 3 nitrogen and oxygen atoms in total. The molecule has 3 heteroatoms. The van der Waals surface area contributed by atoms with Gasteiger partial charge < -0.3 is 16.5 Å². The standard InChI is InChI=1S/C5H11N3/c6-2-1-4-8-5-3-7/h1-2,4,6,8H,3,5,7H2/b4-1-,6-2?. The Labute approximate surface area is 49.1 Å². The average molecular weight is 113 g/mol. The lowest BCUT2D eigenvalue weighted by atomic mass is 10.6. The van der Waals surface area contributed by atoms with Gasteiger partial charge >= 0.3 is 0 Å². The van der Waals surface area contributed by atoms with Crippen molar-refractivity contribution in [2.45, 2.75) is 0 Å². The van der Waals surface area contributed by atoms with Crippen molar-refractivity contribution in [3.05, 3.63) is 12.3 Å². The van der Waals surface area contributed by atoms with E-state index in [1.807, 2.05) is 0 Å². The van der Waals surface area contributed by atoms with Gasteiger partial charge in [0.2, 0.25) is 0 Å². The molecule has 46 valence electrons. The number of nitrogens with two attached hydrogens (primary N) is 1. The van der Waals surface area contributed by atoms with Gasteiger partial charge in [0.1, 0.15) is 0 Å². The Kier molecular flexibility index (Phi) is 5.53. The minimum Gasteiger partial charge on any atom is -0.390 e. The first-order valence-corrected chi connectivity index (χ1v) is 2.51. The molecular formula is C5H11N3. The number of hydrogen-bond donors (Lipinski definition) is 3. The molecule has 0 saturated carbocycles. The molecule has 0 spiro atoms. The molecule has 0 unspecified atom stereocenters. The molecule has 0 aliphatic rings. The number of hydrogen-bond acceptors (Lipinski definition) is 3. The normalized spacial score (nSPS) is 9.62. The van der Waals surface area contributed by atoms with Crippen LogP contribution in [0.1, 0.15) is 0 Å². The smallest absolute Gasteiger partial charge is 0.0264 e. The Morgan fingerprint density at radius 1 is 1.62 bits per heavy atom. The summed E-state index contributed by atoms with van der Waals surface area (Å²) >= 11 is 0. The molecule has 0 bridgehead atoms. The molecule has 0 aromatic rings. The molecule has 0 aliphatic heterocycles. The predicted molar refractivity (Wildman–Crippen MR) is 35.0 cm³/mol. The lowest BCUT2D eigenvalue weighted by molar-refractivity contribution is 0.843. The van der Waals surface area contributed by atoms with Crippen LogP contribution in [0.25, 0.3) is 0 Å². The zero-order valence-electron chi connectivity index (χ0n) is 4.72. The highest BCUT2D eigenvalue weighted by Gasteiger charge is 1.69. The fourth-order valence-electron chi connectivity index (χ4n) is 0.283. The fraction of sp³-hybridized carbons (Fsp3) is 0.400. The van der Waals surface area contributed by atoms with E-state index < -0.39 is 0 Å². The second kappa shape index (κ2) is 6.17. The molecule has 0 saturated heterocycles. The van der Waals surface area contributed by atoms with E-state index in [4.69, 9.17) is 11.1 Å². The van der Waals surface area contributed by atoms with E-state index >= 15 is 0 Å². The summed E-state index contributed by atoms with van der Waals surface area (Å²) in [4.78, 5) is 0. The molecule has 4 N–H and O–H groups in total. The monoisotopic (exact) mass is 113 g/mol. The molecule has 0 rings (SSSR count). The van der Waals surface area contributed by atoms with Crippen LogP contribution in [0, 0.1) is 5.41 Å². The van der Waals surface area contributed by atoms with Crippen molar-refractivity contribution in [3.8, 4) is 0 Å². The molecule has 0 aromatic heterocycles. The minimum absolute atomic E-state index is 0.627. The van der Waals surface area contributed by atoms with Gasteiger partial charge in [-0.3, -0.25) is 0 Å². The SMILES string of the molecule is N=C/C=C\NCCN. The maximum atomic E-state index is 6.56. The van der Waals surface area contributed by atoms with Gasteiger partial charge in [-0.25, -0.2) is 0 Å². The first kappa shape index (κ1) is 7.17. The quantitative estimate of drug-likeness (QED) is 0.346. The molecule has 0 aromatic carbocycles. The number of nitrogens with one attached hydrogen (secondary N) is 2. The molecule has 0 radical (unpaired) electrons. The maximum Gasteiger partial charge on any atom is 0.0264 e. The highest BCUT2D eigenvalue weighted by molar-refractivity contribution is 5.67. The van der Waals surface area contributed by atoms with Crippen LogP contribution in [0.4, 0.5) is 0 Å². The van der Waals surface area contributed by atoms with E-state index in [9.17, 15) is 0 Å². The van der Waals surface area contributed by atoms with Gasteiger partial charge in [0.25, 0.3) is 0 Å². The first-order valence-electron chi connectivity index (χ1n) is 2.51. The zero-order chi connectivity index (χ0) is 6.24. The summed E-state index contributed by atoms with van der Waals surface area (Å²) in [6.07, 6.45) is 4.51. The molecule has 0 fully saturated rings. The van der Waals surface area contributed by atoms with Crippen molar-refractivity contribution in [3.63, 3.8) is 0 Å². The van der Waals surface area contributed by atoms with Crippen molar-refractivity contribution < 1.29 is 0 Å². The van der Waals surface area contributed by atoms with Crippen LogP contribution in [0.2, 0.25) is 0 Å². The van der Waals surface area contributed by atoms with Gasteiger partial charge in [-0.15, -0.1) is 0 Å². The number of allylic oxidation sites excluding steroid dienone is 1. The van der Waals surface area contributed by atoms with Crippen LogP contribution in [0.5, 0.6) is 0 Å². The summed E-state index contributed by atoms with van der Waals surface area (Å²) in [5, 5.41) is 9.43. The average Bonchev–Trinajstić information content (AvgIpc) is 1.81. The molecule has 8 heavy (non-hydrogen) atoms. The highest BCUT2D eigenvalue weighted by atomic mass is 14.8. The van der Waals surface area contributed by atoms with E-state index in [0.717, 1.165) is 6.54 Å². The second-order valence-corrected chi connectivity index (χ2v) is 1.27. The third-order valence-corrected chi connectivity index (χ3v) is 0.599. The van der Waals surface area contributed by atoms with Crippen LogP contribution < -0.4 is 11.1 Å². The number of rotatable bonds is 4. The van der Waals surface area contributed by atoms with E-state index in [0.29, 0.717) is 6.54 Å². The summed E-state index contributed by atoms with van der Waals surface area (Å²) < 4.78 is 0. The Bertz CT molecular complexity index is 77.7. The fourth-order valence-corrected chi connectivity index (χ4v) is 0.283. The van der Waals surface area contributed by atoms with E-state index in [-0.39, 0.29) is 0 Å². The Morgan fingerprint density at radius 2 is 2.38 bits per heavy atom. The topological polar surface area (TPSA) is 61.9 Å². The van der Waals surface area contributed by atoms with Crippen molar-refractivity contribution in [2.24, 2.45) is 5.73 Å². The maximum absolute atomic E-state index is 6.56. The molecular weight excluding hydrogens is 102 g/mol. The zero-order valence-corrected chi connectivity index (χ0v) is 4.72.